The number of hydrogen-bond acceptors (Lipinski definition) is 6. The van der Waals surface area contributed by atoms with E-state index < -0.39 is 0 Å². The van der Waals surface area contributed by atoms with Gasteiger partial charge in [0.15, 0.2) is 5.82 Å². The van der Waals surface area contributed by atoms with Crippen LogP contribution in [-0.4, -0.2) is 26.2 Å². The maximum atomic E-state index is 9.85. The van der Waals surface area contributed by atoms with Crippen LogP contribution in [0.4, 0.5) is 0 Å². The Hall–Kier alpha value is -2.17. The van der Waals surface area contributed by atoms with E-state index >= 15 is 0 Å². The number of thioether (sulfide) groups is 2. The summed E-state index contributed by atoms with van der Waals surface area (Å²) in [5.41, 5.74) is 2.78. The highest BCUT2D eigenvalue weighted by atomic mass is 32.2. The first-order valence-electron chi connectivity index (χ1n) is 7.66. The lowest BCUT2D eigenvalue weighted by molar-refractivity contribution is 0.491. The molecule has 1 aromatic heterocycles. The van der Waals surface area contributed by atoms with Crippen molar-refractivity contribution in [3.8, 4) is 11.8 Å². The molecular formula is C17H15N5S2. The van der Waals surface area contributed by atoms with Gasteiger partial charge in [-0.3, -0.25) is 4.57 Å². The van der Waals surface area contributed by atoms with E-state index in [0.29, 0.717) is 11.4 Å². The topological polar surface area (TPSA) is 57.7 Å². The highest BCUT2D eigenvalue weighted by Crippen LogP contribution is 2.41. The Bertz CT molecular complexity index is 919. The molecular weight excluding hydrogens is 338 g/mol. The van der Waals surface area contributed by atoms with E-state index in [-0.39, 0.29) is 0 Å². The van der Waals surface area contributed by atoms with Crippen LogP contribution in [0, 0.1) is 11.3 Å². The molecule has 2 aliphatic rings. The third-order valence-electron chi connectivity index (χ3n) is 4.07. The third kappa shape index (κ3) is 2.26. The van der Waals surface area contributed by atoms with Crippen LogP contribution in [0.5, 0.6) is 0 Å². The molecule has 0 spiro atoms. The van der Waals surface area contributed by atoms with E-state index in [0.717, 1.165) is 34.5 Å². The van der Waals surface area contributed by atoms with Crippen LogP contribution in [0.3, 0.4) is 0 Å². The molecule has 0 saturated heterocycles. The van der Waals surface area contributed by atoms with Gasteiger partial charge in [0.2, 0.25) is 0 Å². The fourth-order valence-electron chi connectivity index (χ4n) is 2.94. The van der Waals surface area contributed by atoms with Gasteiger partial charge in [-0.25, -0.2) is 0 Å². The van der Waals surface area contributed by atoms with Crippen molar-refractivity contribution in [1.82, 2.24) is 19.7 Å². The van der Waals surface area contributed by atoms with Crippen LogP contribution in [0.15, 0.2) is 45.3 Å². The van der Waals surface area contributed by atoms with Gasteiger partial charge in [-0.15, -0.1) is 22.0 Å². The second-order valence-electron chi connectivity index (χ2n) is 5.44. The predicted molar refractivity (Wildman–Crippen MR) is 97.2 cm³/mol. The number of aromatic nitrogens is 3. The number of benzene rings is 1. The third-order valence-corrected chi connectivity index (χ3v) is 6.24. The van der Waals surface area contributed by atoms with Gasteiger partial charge in [0, 0.05) is 17.1 Å². The highest BCUT2D eigenvalue weighted by Gasteiger charge is 2.28. The molecule has 2 aromatic rings. The van der Waals surface area contributed by atoms with E-state index in [9.17, 15) is 5.26 Å². The minimum absolute atomic E-state index is 0.579. The van der Waals surface area contributed by atoms with E-state index in [1.807, 2.05) is 16.7 Å². The van der Waals surface area contributed by atoms with Gasteiger partial charge >= 0.3 is 0 Å². The van der Waals surface area contributed by atoms with E-state index in [1.165, 1.54) is 4.90 Å². The summed E-state index contributed by atoms with van der Waals surface area (Å²) >= 11 is 3.33. The Morgan fingerprint density at radius 3 is 2.96 bits per heavy atom. The molecule has 0 bridgehead atoms. The first-order chi connectivity index (χ1) is 11.7. The maximum Gasteiger partial charge on any atom is 0.182 e. The number of rotatable bonds is 2. The van der Waals surface area contributed by atoms with Gasteiger partial charge in [-0.1, -0.05) is 23.9 Å². The predicted octanol–water partition coefficient (Wildman–Crippen LogP) is 4.00. The number of hydrogen-bond donors (Lipinski definition) is 0. The van der Waals surface area contributed by atoms with E-state index in [2.05, 4.69) is 52.6 Å². The summed E-state index contributed by atoms with van der Waals surface area (Å²) in [6, 6.07) is 10.6. The molecule has 0 fully saturated rings. The molecule has 1 aromatic carbocycles. The molecule has 2 aliphatic heterocycles. The summed E-state index contributed by atoms with van der Waals surface area (Å²) in [5, 5.41) is 21.6. The molecule has 3 heterocycles. The maximum absolute atomic E-state index is 9.85. The monoisotopic (exact) mass is 353 g/mol. The Kier molecular flexibility index (Phi) is 3.87. The van der Waals surface area contributed by atoms with Crippen molar-refractivity contribution in [2.24, 2.45) is 0 Å². The zero-order valence-electron chi connectivity index (χ0n) is 13.4. The van der Waals surface area contributed by atoms with Gasteiger partial charge in [0.1, 0.15) is 22.5 Å². The molecule has 4 rings (SSSR count). The Morgan fingerprint density at radius 2 is 2.17 bits per heavy atom. The zero-order valence-corrected chi connectivity index (χ0v) is 15.0. The van der Waals surface area contributed by atoms with Crippen LogP contribution in [0.25, 0.3) is 11.3 Å². The van der Waals surface area contributed by atoms with Gasteiger partial charge in [0.05, 0.1) is 11.4 Å². The fourth-order valence-corrected chi connectivity index (χ4v) is 4.96. The smallest absolute Gasteiger partial charge is 0.182 e. The van der Waals surface area contributed by atoms with Crippen LogP contribution in [0.1, 0.15) is 25.5 Å². The minimum atomic E-state index is 0.579. The van der Waals surface area contributed by atoms with Gasteiger partial charge in [-0.2, -0.15) is 5.26 Å². The summed E-state index contributed by atoms with van der Waals surface area (Å²) in [5.74, 6) is 2.28. The molecule has 0 radical (unpaired) electrons. The van der Waals surface area contributed by atoms with Crippen LogP contribution >= 0.6 is 23.5 Å². The number of allylic oxidation sites excluding steroid dienone is 2. The number of fused-ring (bicyclic) bond motifs is 3. The lowest BCUT2D eigenvalue weighted by Crippen LogP contribution is -2.17. The lowest BCUT2D eigenvalue weighted by atomic mass is 10.2. The molecule has 0 saturated carbocycles. The fraction of sp³-hybridized carbons (Fsp3) is 0.235. The van der Waals surface area contributed by atoms with Gasteiger partial charge < -0.3 is 4.90 Å². The first kappa shape index (κ1) is 15.4. The summed E-state index contributed by atoms with van der Waals surface area (Å²) in [7, 11) is 0. The molecule has 0 amide bonds. The van der Waals surface area contributed by atoms with Crippen molar-refractivity contribution >= 4 is 29.1 Å². The van der Waals surface area contributed by atoms with E-state index in [4.69, 9.17) is 0 Å². The number of para-hydroxylation sites is 1. The van der Waals surface area contributed by atoms with Crippen molar-refractivity contribution in [3.63, 3.8) is 0 Å². The second-order valence-corrected chi connectivity index (χ2v) is 7.32. The average molecular weight is 353 g/mol. The van der Waals surface area contributed by atoms with Crippen molar-refractivity contribution in [1.29, 1.82) is 5.26 Å². The molecule has 24 heavy (non-hydrogen) atoms. The Morgan fingerprint density at radius 1 is 1.33 bits per heavy atom. The van der Waals surface area contributed by atoms with Gasteiger partial charge in [-0.05, 0) is 31.4 Å². The largest absolute Gasteiger partial charge is 0.339 e. The normalized spacial score (nSPS) is 17.9. The average Bonchev–Trinajstić information content (AvgIpc) is 3.20. The molecule has 0 unspecified atom stereocenters. The summed E-state index contributed by atoms with van der Waals surface area (Å²) in [6.45, 7) is 4.97. The second kappa shape index (κ2) is 6.04. The number of nitriles is 1. The molecule has 0 aliphatic carbocycles. The minimum Gasteiger partial charge on any atom is -0.339 e. The summed E-state index contributed by atoms with van der Waals surface area (Å²) < 4.78 is 2.03. The standard InChI is InChI=1S/C17H15N5S2/c1-3-21-11(2)9-24-17(21)12(8-18)16-20-19-15-10-23-14-7-5-4-6-13(14)22(15)16/h4-7,9H,3,10H2,1-2H3/b17-12-. The summed E-state index contributed by atoms with van der Waals surface area (Å²) in [6.07, 6.45) is 0. The number of nitrogens with zero attached hydrogens (tertiary/aromatic N) is 5. The highest BCUT2D eigenvalue weighted by molar-refractivity contribution is 8.06. The van der Waals surface area contributed by atoms with Crippen LogP contribution in [0.2, 0.25) is 0 Å². The van der Waals surface area contributed by atoms with Crippen molar-refractivity contribution in [2.45, 2.75) is 24.5 Å². The van der Waals surface area contributed by atoms with Crippen LogP contribution in [-0.2, 0) is 5.75 Å². The van der Waals surface area contributed by atoms with E-state index in [1.54, 1.807) is 23.5 Å². The van der Waals surface area contributed by atoms with Crippen molar-refractivity contribution < 1.29 is 0 Å². The SMILES string of the molecule is CCN1C(C)=CS/C1=C(/C#N)c1nnc2n1-c1ccccc1SC2. The lowest BCUT2D eigenvalue weighted by Gasteiger charge is -2.22. The summed E-state index contributed by atoms with van der Waals surface area (Å²) in [4.78, 5) is 3.34. The molecule has 120 valence electrons. The van der Waals surface area contributed by atoms with Crippen molar-refractivity contribution in [3.05, 3.63) is 52.0 Å². The zero-order chi connectivity index (χ0) is 16.7. The van der Waals surface area contributed by atoms with Gasteiger partial charge in [0.25, 0.3) is 0 Å². The van der Waals surface area contributed by atoms with Crippen LogP contribution < -0.4 is 0 Å². The Balaban J connectivity index is 1.91. The Labute approximate surface area is 149 Å². The molecule has 0 atom stereocenters. The molecule has 7 heteroatoms. The van der Waals surface area contributed by atoms with Crippen molar-refractivity contribution in [2.75, 3.05) is 6.54 Å². The molecule has 0 N–H and O–H groups in total. The quantitative estimate of drug-likeness (QED) is 0.761. The molecule has 5 nitrogen and oxygen atoms in total. The first-order valence-corrected chi connectivity index (χ1v) is 9.53.